The van der Waals surface area contributed by atoms with E-state index in [1.54, 1.807) is 18.2 Å². The van der Waals surface area contributed by atoms with Crippen molar-refractivity contribution in [2.75, 3.05) is 13.2 Å². The van der Waals surface area contributed by atoms with Crippen LogP contribution in [0.1, 0.15) is 12.5 Å². The van der Waals surface area contributed by atoms with Gasteiger partial charge in [0.15, 0.2) is 0 Å². The summed E-state index contributed by atoms with van der Waals surface area (Å²) in [6, 6.07) is 14.4. The molecule has 0 heterocycles. The molecule has 0 aromatic heterocycles. The maximum absolute atomic E-state index is 12.2. The maximum Gasteiger partial charge on any atom is 0.324 e. The minimum atomic E-state index is -3.77. The van der Waals surface area contributed by atoms with Gasteiger partial charge in [0.2, 0.25) is 10.0 Å². The molecular weight excluding hydrogens is 342 g/mol. The monoisotopic (exact) mass is 363 g/mol. The fourth-order valence-electron chi connectivity index (χ4n) is 2.09. The Morgan fingerprint density at radius 3 is 2.36 bits per heavy atom. The van der Waals surface area contributed by atoms with Crippen LogP contribution in [0, 0.1) is 6.92 Å². The van der Waals surface area contributed by atoms with E-state index in [4.69, 9.17) is 9.47 Å². The topological polar surface area (TPSA) is 81.7 Å². The molecule has 0 amide bonds. The number of para-hydroxylation sites is 1. The molecule has 0 saturated heterocycles. The number of nitrogens with one attached hydrogen (secondary N) is 1. The van der Waals surface area contributed by atoms with E-state index < -0.39 is 22.0 Å². The summed E-state index contributed by atoms with van der Waals surface area (Å²) < 4.78 is 37.2. The molecule has 1 N–H and O–H groups in total. The van der Waals surface area contributed by atoms with Crippen LogP contribution in [0.2, 0.25) is 0 Å². The molecule has 0 radical (unpaired) electrons. The third kappa shape index (κ3) is 5.58. The number of carbonyl (C=O) groups is 1. The number of hydrogen-bond donors (Lipinski definition) is 1. The molecule has 1 atom stereocenters. The third-order valence-corrected chi connectivity index (χ3v) is 4.97. The molecule has 0 saturated carbocycles. The summed E-state index contributed by atoms with van der Waals surface area (Å²) >= 11 is 0. The van der Waals surface area contributed by atoms with Crippen molar-refractivity contribution < 1.29 is 22.7 Å². The maximum atomic E-state index is 12.2. The average molecular weight is 363 g/mol. The molecular formula is C18H21NO5S. The molecule has 0 bridgehead atoms. The minimum Gasteiger partial charge on any atom is -0.490 e. The Bertz CT molecular complexity index is 805. The Hall–Kier alpha value is -2.38. The highest BCUT2D eigenvalue weighted by Crippen LogP contribution is 2.15. The van der Waals surface area contributed by atoms with Gasteiger partial charge in [0.1, 0.15) is 25.0 Å². The Kier molecular flexibility index (Phi) is 6.55. The molecule has 2 aromatic rings. The lowest BCUT2D eigenvalue weighted by atomic mass is 10.2. The van der Waals surface area contributed by atoms with E-state index in [1.807, 2.05) is 31.2 Å². The molecule has 0 fully saturated rings. The van der Waals surface area contributed by atoms with Gasteiger partial charge in [0, 0.05) is 0 Å². The first-order chi connectivity index (χ1) is 11.9. The van der Waals surface area contributed by atoms with Gasteiger partial charge in [0.25, 0.3) is 0 Å². The summed E-state index contributed by atoms with van der Waals surface area (Å²) in [7, 11) is -3.77. The standard InChI is InChI=1S/C18H21NO5S/c1-14-8-6-7-11-17(14)23-12-13-24-18(20)15(2)19-25(21,22)16-9-4-3-5-10-16/h3-11,15,19H,12-13H2,1-2H3. The summed E-state index contributed by atoms with van der Waals surface area (Å²) in [6.07, 6.45) is 0. The number of esters is 1. The van der Waals surface area contributed by atoms with Gasteiger partial charge in [0.05, 0.1) is 4.90 Å². The van der Waals surface area contributed by atoms with E-state index in [0.29, 0.717) is 0 Å². The average Bonchev–Trinajstić information content (AvgIpc) is 2.60. The zero-order chi connectivity index (χ0) is 18.3. The van der Waals surface area contributed by atoms with Crippen molar-refractivity contribution in [1.29, 1.82) is 0 Å². The normalized spacial score (nSPS) is 12.4. The lowest BCUT2D eigenvalue weighted by Crippen LogP contribution is -2.39. The smallest absolute Gasteiger partial charge is 0.324 e. The second-order valence-electron chi connectivity index (χ2n) is 5.44. The highest BCUT2D eigenvalue weighted by Gasteiger charge is 2.22. The zero-order valence-electron chi connectivity index (χ0n) is 14.1. The van der Waals surface area contributed by atoms with Gasteiger partial charge >= 0.3 is 5.97 Å². The SMILES string of the molecule is Cc1ccccc1OCCOC(=O)C(C)NS(=O)(=O)c1ccccc1. The first-order valence-electron chi connectivity index (χ1n) is 7.82. The molecule has 2 rings (SSSR count). The summed E-state index contributed by atoms with van der Waals surface area (Å²) in [5.41, 5.74) is 0.984. The van der Waals surface area contributed by atoms with Crippen molar-refractivity contribution in [2.24, 2.45) is 0 Å². The quantitative estimate of drug-likeness (QED) is 0.575. The highest BCUT2D eigenvalue weighted by atomic mass is 32.2. The van der Waals surface area contributed by atoms with Crippen molar-refractivity contribution >= 4 is 16.0 Å². The Labute approximate surface area is 147 Å². The largest absolute Gasteiger partial charge is 0.490 e. The van der Waals surface area contributed by atoms with E-state index in [1.165, 1.54) is 19.1 Å². The molecule has 1 unspecified atom stereocenters. The summed E-state index contributed by atoms with van der Waals surface area (Å²) in [5.74, 6) is 0.0595. The first kappa shape index (κ1) is 19.0. The molecule has 7 heteroatoms. The van der Waals surface area contributed by atoms with Crippen molar-refractivity contribution in [3.05, 3.63) is 60.2 Å². The van der Waals surface area contributed by atoms with Gasteiger partial charge in [-0.1, -0.05) is 36.4 Å². The third-order valence-electron chi connectivity index (χ3n) is 3.42. The van der Waals surface area contributed by atoms with Gasteiger partial charge in [-0.3, -0.25) is 4.79 Å². The number of sulfonamides is 1. The van der Waals surface area contributed by atoms with Gasteiger partial charge in [-0.15, -0.1) is 0 Å². The summed E-state index contributed by atoms with van der Waals surface area (Å²) in [5, 5.41) is 0. The lowest BCUT2D eigenvalue weighted by molar-refractivity contribution is -0.145. The van der Waals surface area contributed by atoms with Crippen LogP contribution in [-0.2, 0) is 19.6 Å². The van der Waals surface area contributed by atoms with Crippen LogP contribution in [0.5, 0.6) is 5.75 Å². The highest BCUT2D eigenvalue weighted by molar-refractivity contribution is 7.89. The number of aryl methyl sites for hydroxylation is 1. The van der Waals surface area contributed by atoms with Crippen molar-refractivity contribution in [3.63, 3.8) is 0 Å². The predicted molar refractivity (Wildman–Crippen MR) is 93.9 cm³/mol. The lowest BCUT2D eigenvalue weighted by Gasteiger charge is -2.14. The van der Waals surface area contributed by atoms with Gasteiger partial charge in [-0.05, 0) is 37.6 Å². The summed E-state index contributed by atoms with van der Waals surface area (Å²) in [4.78, 5) is 12.0. The fraction of sp³-hybridized carbons (Fsp3) is 0.278. The second kappa shape index (κ2) is 8.64. The van der Waals surface area contributed by atoms with E-state index in [0.717, 1.165) is 11.3 Å². The molecule has 6 nitrogen and oxygen atoms in total. The van der Waals surface area contributed by atoms with E-state index in [-0.39, 0.29) is 18.1 Å². The molecule has 0 aliphatic heterocycles. The van der Waals surface area contributed by atoms with Crippen molar-refractivity contribution in [2.45, 2.75) is 24.8 Å². The molecule has 2 aromatic carbocycles. The molecule has 0 spiro atoms. The number of hydrogen-bond acceptors (Lipinski definition) is 5. The first-order valence-corrected chi connectivity index (χ1v) is 9.31. The Morgan fingerprint density at radius 2 is 1.68 bits per heavy atom. The van der Waals surface area contributed by atoms with Crippen molar-refractivity contribution in [3.8, 4) is 5.75 Å². The van der Waals surface area contributed by atoms with Crippen molar-refractivity contribution in [1.82, 2.24) is 4.72 Å². The molecule has 25 heavy (non-hydrogen) atoms. The van der Waals surface area contributed by atoms with Crippen LogP contribution in [0.3, 0.4) is 0 Å². The van der Waals surface area contributed by atoms with E-state index >= 15 is 0 Å². The molecule has 134 valence electrons. The number of rotatable bonds is 8. The Morgan fingerprint density at radius 1 is 1.04 bits per heavy atom. The van der Waals surface area contributed by atoms with Crippen LogP contribution >= 0.6 is 0 Å². The minimum absolute atomic E-state index is 0.0323. The predicted octanol–water partition coefficient (Wildman–Crippen LogP) is 2.28. The van der Waals surface area contributed by atoms with Crippen LogP contribution in [0.4, 0.5) is 0 Å². The van der Waals surface area contributed by atoms with Crippen LogP contribution in [0.15, 0.2) is 59.5 Å². The van der Waals surface area contributed by atoms with E-state index in [9.17, 15) is 13.2 Å². The number of ether oxygens (including phenoxy) is 2. The van der Waals surface area contributed by atoms with Gasteiger partial charge < -0.3 is 9.47 Å². The number of benzene rings is 2. The van der Waals surface area contributed by atoms with Gasteiger partial charge in [-0.25, -0.2) is 8.42 Å². The van der Waals surface area contributed by atoms with Gasteiger partial charge in [-0.2, -0.15) is 4.72 Å². The fourth-order valence-corrected chi connectivity index (χ4v) is 3.30. The van der Waals surface area contributed by atoms with Crippen LogP contribution in [0.25, 0.3) is 0 Å². The van der Waals surface area contributed by atoms with Crippen LogP contribution in [-0.4, -0.2) is 33.6 Å². The Balaban J connectivity index is 1.80. The number of carbonyl (C=O) groups excluding carboxylic acids is 1. The summed E-state index contributed by atoms with van der Waals surface area (Å²) in [6.45, 7) is 3.58. The van der Waals surface area contributed by atoms with E-state index in [2.05, 4.69) is 4.72 Å². The zero-order valence-corrected chi connectivity index (χ0v) is 15.0. The molecule has 0 aliphatic rings. The molecule has 0 aliphatic carbocycles. The second-order valence-corrected chi connectivity index (χ2v) is 7.15. The van der Waals surface area contributed by atoms with Crippen LogP contribution < -0.4 is 9.46 Å².